The Labute approximate surface area is 224 Å². The van der Waals surface area contributed by atoms with E-state index in [1.165, 1.54) is 19.2 Å². The zero-order chi connectivity index (χ0) is 26.8. The zero-order valence-electron chi connectivity index (χ0n) is 21.0. The first-order valence-corrected chi connectivity index (χ1v) is 12.6. The van der Waals surface area contributed by atoms with Crippen molar-refractivity contribution in [3.8, 4) is 16.9 Å². The number of anilines is 1. The van der Waals surface area contributed by atoms with E-state index in [4.69, 9.17) is 16.3 Å². The fraction of sp³-hybridized carbons (Fsp3) is 0.250. The van der Waals surface area contributed by atoms with Crippen LogP contribution in [-0.2, 0) is 7.05 Å². The minimum atomic E-state index is -0.399. The molecule has 4 aromatic rings. The molecule has 0 bridgehead atoms. The summed E-state index contributed by atoms with van der Waals surface area (Å²) in [5.74, 6) is -0.238. The van der Waals surface area contributed by atoms with Crippen molar-refractivity contribution >= 4 is 29.1 Å². The maximum absolute atomic E-state index is 13.8. The number of rotatable bonds is 6. The van der Waals surface area contributed by atoms with Gasteiger partial charge >= 0.3 is 0 Å². The smallest absolute Gasteiger partial charge is 0.257 e. The summed E-state index contributed by atoms with van der Waals surface area (Å²) in [5, 5.41) is 7.51. The zero-order valence-corrected chi connectivity index (χ0v) is 21.8. The monoisotopic (exact) mass is 535 g/mol. The van der Waals surface area contributed by atoms with Gasteiger partial charge in [0.05, 0.1) is 41.2 Å². The van der Waals surface area contributed by atoms with Crippen molar-refractivity contribution in [2.45, 2.75) is 18.9 Å². The number of hydrogen-bond acceptors (Lipinski definition) is 4. The summed E-state index contributed by atoms with van der Waals surface area (Å²) in [6.07, 6.45) is 8.61. The Hall–Kier alpha value is -4.11. The number of likely N-dealkylation sites (tertiary alicyclic amines) is 1. The van der Waals surface area contributed by atoms with Crippen LogP contribution in [0.3, 0.4) is 0 Å². The number of benzene rings is 2. The molecular formula is C28H27ClFN5O3. The standard InChI is InChI=1S/C28H27ClFN5O3/c1-33-10-7-19(16-33)28(37)34-11-8-22(9-12-34)35-17-21(15-31-35)32-27(36)23-5-3-18(13-25(23)29)24-14-20(30)4-6-26(24)38-2/h3-7,10,13-17,22H,8-9,11-12H2,1-2H3,(H,32,36). The molecule has 3 heterocycles. The first kappa shape index (κ1) is 25.5. The van der Waals surface area contributed by atoms with Gasteiger partial charge in [0.2, 0.25) is 0 Å². The fourth-order valence-corrected chi connectivity index (χ4v) is 4.99. The molecule has 0 spiro atoms. The van der Waals surface area contributed by atoms with Crippen molar-refractivity contribution in [3.63, 3.8) is 0 Å². The van der Waals surface area contributed by atoms with Gasteiger partial charge in [-0.1, -0.05) is 17.7 Å². The maximum atomic E-state index is 13.8. The number of halogens is 2. The molecule has 38 heavy (non-hydrogen) atoms. The van der Waals surface area contributed by atoms with Crippen molar-refractivity contribution in [2.24, 2.45) is 7.05 Å². The quantitative estimate of drug-likeness (QED) is 0.357. The predicted molar refractivity (Wildman–Crippen MR) is 143 cm³/mol. The average molecular weight is 536 g/mol. The molecule has 0 radical (unpaired) electrons. The van der Waals surface area contributed by atoms with Crippen LogP contribution in [0, 0.1) is 5.82 Å². The van der Waals surface area contributed by atoms with E-state index in [2.05, 4.69) is 10.4 Å². The summed E-state index contributed by atoms with van der Waals surface area (Å²) in [6.45, 7) is 1.27. The average Bonchev–Trinajstić information content (AvgIpc) is 3.57. The van der Waals surface area contributed by atoms with E-state index >= 15 is 0 Å². The number of hydrogen-bond donors (Lipinski definition) is 1. The van der Waals surface area contributed by atoms with Crippen LogP contribution in [-0.4, -0.2) is 51.3 Å². The third-order valence-corrected chi connectivity index (χ3v) is 7.06. The summed E-state index contributed by atoms with van der Waals surface area (Å²) in [4.78, 5) is 27.5. The molecule has 8 nitrogen and oxygen atoms in total. The third kappa shape index (κ3) is 5.28. The largest absolute Gasteiger partial charge is 0.496 e. The highest BCUT2D eigenvalue weighted by atomic mass is 35.5. The molecule has 0 unspecified atom stereocenters. The van der Waals surface area contributed by atoms with E-state index in [9.17, 15) is 14.0 Å². The van der Waals surface area contributed by atoms with Crippen LogP contribution in [0.2, 0.25) is 5.02 Å². The highest BCUT2D eigenvalue weighted by Gasteiger charge is 2.25. The molecule has 2 amide bonds. The van der Waals surface area contributed by atoms with Gasteiger partial charge in [-0.3, -0.25) is 14.3 Å². The Morgan fingerprint density at radius 3 is 2.58 bits per heavy atom. The van der Waals surface area contributed by atoms with Crippen LogP contribution >= 0.6 is 11.6 Å². The lowest BCUT2D eigenvalue weighted by molar-refractivity contribution is 0.0689. The number of ether oxygens (including phenoxy) is 1. The van der Waals surface area contributed by atoms with E-state index in [0.717, 1.165) is 12.8 Å². The summed E-state index contributed by atoms with van der Waals surface area (Å²) >= 11 is 6.44. The van der Waals surface area contributed by atoms with Gasteiger partial charge in [-0.15, -0.1) is 0 Å². The Morgan fingerprint density at radius 2 is 1.89 bits per heavy atom. The van der Waals surface area contributed by atoms with Crippen LogP contribution in [0.25, 0.3) is 11.1 Å². The molecule has 0 aliphatic carbocycles. The lowest BCUT2D eigenvalue weighted by atomic mass is 10.0. The number of piperidine rings is 1. The summed E-state index contributed by atoms with van der Waals surface area (Å²) in [5.41, 5.74) is 2.69. The van der Waals surface area contributed by atoms with Crippen molar-refractivity contribution in [1.29, 1.82) is 0 Å². The van der Waals surface area contributed by atoms with Gasteiger partial charge in [-0.2, -0.15) is 5.10 Å². The number of methoxy groups -OCH3 is 1. The summed E-state index contributed by atoms with van der Waals surface area (Å²) < 4.78 is 22.8. The molecule has 1 fully saturated rings. The minimum Gasteiger partial charge on any atom is -0.496 e. The Kier molecular flexibility index (Phi) is 7.20. The van der Waals surface area contributed by atoms with E-state index in [-0.39, 0.29) is 28.4 Å². The van der Waals surface area contributed by atoms with E-state index in [1.54, 1.807) is 36.7 Å². The summed E-state index contributed by atoms with van der Waals surface area (Å²) in [7, 11) is 3.40. The van der Waals surface area contributed by atoms with Gasteiger partial charge in [0.15, 0.2) is 0 Å². The fourth-order valence-electron chi connectivity index (χ4n) is 4.72. The van der Waals surface area contributed by atoms with E-state index in [1.807, 2.05) is 39.7 Å². The topological polar surface area (TPSA) is 81.4 Å². The molecule has 1 saturated heterocycles. The molecule has 0 atom stereocenters. The number of carbonyl (C=O) groups excluding carboxylic acids is 2. The molecule has 5 rings (SSSR count). The van der Waals surface area contributed by atoms with Gasteiger partial charge in [-0.25, -0.2) is 4.39 Å². The first-order chi connectivity index (χ1) is 18.3. The van der Waals surface area contributed by atoms with Crippen LogP contribution < -0.4 is 10.1 Å². The Bertz CT molecular complexity index is 1490. The van der Waals surface area contributed by atoms with Crippen molar-refractivity contribution in [3.05, 3.63) is 89.2 Å². The number of nitrogens with one attached hydrogen (secondary N) is 1. The van der Waals surface area contributed by atoms with Crippen molar-refractivity contribution in [2.75, 3.05) is 25.5 Å². The van der Waals surface area contributed by atoms with Gasteiger partial charge in [0.25, 0.3) is 11.8 Å². The Morgan fingerprint density at radius 1 is 1.11 bits per heavy atom. The molecule has 10 heteroatoms. The molecule has 1 aliphatic rings. The van der Waals surface area contributed by atoms with E-state index in [0.29, 0.717) is 41.2 Å². The second kappa shape index (κ2) is 10.7. The van der Waals surface area contributed by atoms with Crippen LogP contribution in [0.4, 0.5) is 10.1 Å². The lowest BCUT2D eigenvalue weighted by Crippen LogP contribution is -2.39. The highest BCUT2D eigenvalue weighted by Crippen LogP contribution is 2.33. The van der Waals surface area contributed by atoms with Gasteiger partial charge in [0, 0.05) is 44.3 Å². The third-order valence-electron chi connectivity index (χ3n) is 6.75. The van der Waals surface area contributed by atoms with Crippen LogP contribution in [0.1, 0.15) is 39.6 Å². The Balaban J connectivity index is 1.22. The molecule has 1 aliphatic heterocycles. The number of nitrogens with zero attached hydrogens (tertiary/aromatic N) is 4. The highest BCUT2D eigenvalue weighted by molar-refractivity contribution is 6.34. The molecular weight excluding hydrogens is 509 g/mol. The molecule has 2 aromatic heterocycles. The number of aromatic nitrogens is 3. The molecule has 0 saturated carbocycles. The second-order valence-corrected chi connectivity index (χ2v) is 9.70. The van der Waals surface area contributed by atoms with Crippen molar-refractivity contribution < 1.29 is 18.7 Å². The van der Waals surface area contributed by atoms with Gasteiger partial charge in [-0.05, 0) is 54.8 Å². The van der Waals surface area contributed by atoms with Gasteiger partial charge in [0.1, 0.15) is 11.6 Å². The lowest BCUT2D eigenvalue weighted by Gasteiger charge is -2.32. The SMILES string of the molecule is COc1ccc(F)cc1-c1ccc(C(=O)Nc2cnn(C3CCN(C(=O)c4ccn(C)c4)CC3)c2)c(Cl)c1. The van der Waals surface area contributed by atoms with Crippen molar-refractivity contribution in [1.82, 2.24) is 19.2 Å². The molecule has 196 valence electrons. The van der Waals surface area contributed by atoms with E-state index < -0.39 is 5.82 Å². The molecule has 2 aromatic carbocycles. The second-order valence-electron chi connectivity index (χ2n) is 9.29. The summed E-state index contributed by atoms with van der Waals surface area (Å²) in [6, 6.07) is 11.1. The predicted octanol–water partition coefficient (Wildman–Crippen LogP) is 5.42. The van der Waals surface area contributed by atoms with Crippen LogP contribution in [0.15, 0.2) is 67.3 Å². The number of carbonyl (C=O) groups is 2. The minimum absolute atomic E-state index is 0.0382. The number of aryl methyl sites for hydroxylation is 1. The number of amides is 2. The maximum Gasteiger partial charge on any atom is 0.257 e. The van der Waals surface area contributed by atoms with Gasteiger partial charge < -0.3 is 19.5 Å². The molecule has 1 N–H and O–H groups in total. The normalized spacial score (nSPS) is 13.9. The first-order valence-electron chi connectivity index (χ1n) is 12.2. The van der Waals surface area contributed by atoms with Crippen LogP contribution in [0.5, 0.6) is 5.75 Å².